The van der Waals surface area contributed by atoms with Crippen LogP contribution in [0.25, 0.3) is 11.6 Å². The van der Waals surface area contributed by atoms with E-state index in [2.05, 4.69) is 10.4 Å². The highest BCUT2D eigenvalue weighted by Crippen LogP contribution is 2.43. The van der Waals surface area contributed by atoms with Crippen LogP contribution in [0.3, 0.4) is 0 Å². The van der Waals surface area contributed by atoms with Gasteiger partial charge in [-0.15, -0.1) is 0 Å². The van der Waals surface area contributed by atoms with Crippen molar-refractivity contribution in [1.29, 1.82) is 0 Å². The van der Waals surface area contributed by atoms with E-state index in [1.165, 1.54) is 12.1 Å². The van der Waals surface area contributed by atoms with E-state index in [1.807, 2.05) is 0 Å². The van der Waals surface area contributed by atoms with E-state index in [0.29, 0.717) is 11.6 Å². The highest BCUT2D eigenvalue weighted by molar-refractivity contribution is 6.35. The van der Waals surface area contributed by atoms with E-state index >= 15 is 0 Å². The van der Waals surface area contributed by atoms with Gasteiger partial charge in [0.05, 0.1) is 28.7 Å². The Morgan fingerprint density at radius 1 is 1.45 bits per heavy atom. The van der Waals surface area contributed by atoms with Crippen molar-refractivity contribution in [2.75, 3.05) is 5.32 Å². The third-order valence-corrected chi connectivity index (χ3v) is 4.20. The number of halogens is 1. The summed E-state index contributed by atoms with van der Waals surface area (Å²) in [5.41, 5.74) is 2.60. The van der Waals surface area contributed by atoms with Gasteiger partial charge in [0, 0.05) is 12.6 Å². The second-order valence-electron chi connectivity index (χ2n) is 5.72. The van der Waals surface area contributed by atoms with Crippen molar-refractivity contribution in [3.05, 3.63) is 41.0 Å². The Kier molecular flexibility index (Phi) is 2.63. The first-order valence-corrected chi connectivity index (χ1v) is 7.13. The number of carbonyl (C=O) groups excluding carboxylic acids is 1. The molecule has 112 valence electrons. The van der Waals surface area contributed by atoms with Gasteiger partial charge in [-0.05, 0) is 37.0 Å². The van der Waals surface area contributed by atoms with E-state index < -0.39 is 11.6 Å². The molecule has 4 rings (SSSR count). The molecule has 1 saturated carbocycles. The van der Waals surface area contributed by atoms with Gasteiger partial charge >= 0.3 is 0 Å². The van der Waals surface area contributed by atoms with Crippen molar-refractivity contribution in [2.24, 2.45) is 7.05 Å². The third kappa shape index (κ3) is 1.83. The largest absolute Gasteiger partial charge is 0.505 e. The fourth-order valence-electron chi connectivity index (χ4n) is 2.86. The van der Waals surface area contributed by atoms with Gasteiger partial charge in [0.15, 0.2) is 11.6 Å². The molecule has 0 spiro atoms. The first-order valence-electron chi connectivity index (χ1n) is 7.13. The molecule has 1 aromatic heterocycles. The van der Waals surface area contributed by atoms with Crippen molar-refractivity contribution >= 4 is 23.2 Å². The molecule has 2 aromatic rings. The molecular formula is C16H14FN3O2. The van der Waals surface area contributed by atoms with E-state index in [9.17, 15) is 14.3 Å². The molecule has 1 aliphatic carbocycles. The summed E-state index contributed by atoms with van der Waals surface area (Å²) in [5, 5.41) is 16.4. The summed E-state index contributed by atoms with van der Waals surface area (Å²) in [6.07, 6.45) is 5.68. The normalized spacial score (nSPS) is 18.6. The number of benzene rings is 1. The summed E-state index contributed by atoms with van der Waals surface area (Å²) >= 11 is 0. The van der Waals surface area contributed by atoms with Gasteiger partial charge in [-0.25, -0.2) is 4.39 Å². The van der Waals surface area contributed by atoms with Crippen LogP contribution in [0.4, 0.5) is 10.1 Å². The molecule has 22 heavy (non-hydrogen) atoms. The predicted octanol–water partition coefficient (Wildman–Crippen LogP) is 2.63. The van der Waals surface area contributed by atoms with Crippen LogP contribution >= 0.6 is 0 Å². The van der Waals surface area contributed by atoms with Gasteiger partial charge in [-0.2, -0.15) is 5.10 Å². The van der Waals surface area contributed by atoms with Crippen LogP contribution in [-0.4, -0.2) is 20.8 Å². The average molecular weight is 299 g/mol. The van der Waals surface area contributed by atoms with E-state index in [-0.39, 0.29) is 17.0 Å². The third-order valence-electron chi connectivity index (χ3n) is 4.20. The zero-order chi connectivity index (χ0) is 15.4. The molecule has 6 heteroatoms. The molecule has 2 heterocycles. The number of nitrogens with zero attached hydrogens (tertiary/aromatic N) is 2. The molecule has 2 N–H and O–H groups in total. The lowest BCUT2D eigenvalue weighted by Crippen LogP contribution is -2.04. The molecule has 0 radical (unpaired) electrons. The Morgan fingerprint density at radius 3 is 2.95 bits per heavy atom. The maximum Gasteiger partial charge on any atom is 0.256 e. The number of aromatic nitrogens is 2. The number of carbonyl (C=O) groups is 1. The van der Waals surface area contributed by atoms with Crippen LogP contribution < -0.4 is 5.32 Å². The Morgan fingerprint density at radius 2 is 2.23 bits per heavy atom. The van der Waals surface area contributed by atoms with Crippen LogP contribution in [-0.2, 0) is 11.8 Å². The number of hydrogen-bond donors (Lipinski definition) is 2. The molecule has 1 aromatic carbocycles. The molecule has 1 aliphatic heterocycles. The Bertz CT molecular complexity index is 834. The number of rotatable bonds is 2. The van der Waals surface area contributed by atoms with Crippen molar-refractivity contribution in [3.63, 3.8) is 0 Å². The minimum Gasteiger partial charge on any atom is -0.505 e. The number of hydrogen-bond acceptors (Lipinski definition) is 3. The fourth-order valence-corrected chi connectivity index (χ4v) is 2.86. The van der Waals surface area contributed by atoms with Crippen LogP contribution in [0.5, 0.6) is 5.75 Å². The molecule has 1 fully saturated rings. The molecule has 2 aliphatic rings. The van der Waals surface area contributed by atoms with Crippen LogP contribution in [0.2, 0.25) is 0 Å². The SMILES string of the molecule is Cn1ncc(C2CC2)c1/C=C1\C(=O)Nc2ccc(O)c(F)c21. The number of amides is 1. The van der Waals surface area contributed by atoms with Gasteiger partial charge in [0.2, 0.25) is 0 Å². The minimum absolute atomic E-state index is 0.118. The highest BCUT2D eigenvalue weighted by Gasteiger charge is 2.32. The molecular weight excluding hydrogens is 285 g/mol. The van der Waals surface area contributed by atoms with E-state index in [1.54, 1.807) is 24.0 Å². The number of aryl methyl sites for hydroxylation is 1. The number of aromatic hydroxyl groups is 1. The van der Waals surface area contributed by atoms with Crippen LogP contribution in [0.1, 0.15) is 35.6 Å². The summed E-state index contributed by atoms with van der Waals surface area (Å²) in [5.74, 6) is -1.15. The quantitative estimate of drug-likeness (QED) is 0.661. The van der Waals surface area contributed by atoms with Crippen molar-refractivity contribution in [1.82, 2.24) is 9.78 Å². The molecule has 0 unspecified atom stereocenters. The molecule has 0 atom stereocenters. The van der Waals surface area contributed by atoms with Crippen molar-refractivity contribution in [2.45, 2.75) is 18.8 Å². The topological polar surface area (TPSA) is 67.2 Å². The standard InChI is InChI=1S/C16H14FN3O2/c1-20-12(10(7-18-20)8-2-3-8)6-9-14-11(19-16(9)22)4-5-13(21)15(14)17/h4-8,21H,2-3H2,1H3,(H,19,22)/b9-6-. The molecule has 0 saturated heterocycles. The zero-order valence-electron chi connectivity index (χ0n) is 11.9. The number of phenolic OH excluding ortho intramolecular Hbond substituents is 1. The summed E-state index contributed by atoms with van der Waals surface area (Å²) in [6, 6.07) is 2.73. The number of fused-ring (bicyclic) bond motifs is 1. The average Bonchev–Trinajstić information content (AvgIpc) is 3.19. The van der Waals surface area contributed by atoms with Gasteiger partial charge < -0.3 is 10.4 Å². The number of anilines is 1. The maximum absolute atomic E-state index is 14.2. The lowest BCUT2D eigenvalue weighted by molar-refractivity contribution is -0.110. The van der Waals surface area contributed by atoms with E-state index in [4.69, 9.17) is 0 Å². The second-order valence-corrected chi connectivity index (χ2v) is 5.72. The first-order chi connectivity index (χ1) is 10.6. The zero-order valence-corrected chi connectivity index (χ0v) is 11.9. The first kappa shape index (κ1) is 13.1. The van der Waals surface area contributed by atoms with Crippen molar-refractivity contribution < 1.29 is 14.3 Å². The van der Waals surface area contributed by atoms with E-state index in [0.717, 1.165) is 24.1 Å². The number of nitrogens with one attached hydrogen (secondary N) is 1. The monoisotopic (exact) mass is 299 g/mol. The summed E-state index contributed by atoms with van der Waals surface area (Å²) in [7, 11) is 1.80. The van der Waals surface area contributed by atoms with Crippen LogP contribution in [0.15, 0.2) is 18.3 Å². The summed E-state index contributed by atoms with van der Waals surface area (Å²) < 4.78 is 15.9. The number of phenols is 1. The lowest BCUT2D eigenvalue weighted by Gasteiger charge is -2.04. The molecule has 0 bridgehead atoms. The van der Waals surface area contributed by atoms with Crippen molar-refractivity contribution in [3.8, 4) is 5.75 Å². The van der Waals surface area contributed by atoms with Gasteiger partial charge in [0.1, 0.15) is 0 Å². The second kappa shape index (κ2) is 4.43. The highest BCUT2D eigenvalue weighted by atomic mass is 19.1. The minimum atomic E-state index is -0.780. The molecule has 1 amide bonds. The van der Waals surface area contributed by atoms with Gasteiger partial charge in [-0.3, -0.25) is 9.48 Å². The smallest absolute Gasteiger partial charge is 0.256 e. The van der Waals surface area contributed by atoms with Crippen LogP contribution in [0, 0.1) is 5.82 Å². The Hall–Kier alpha value is -2.63. The lowest BCUT2D eigenvalue weighted by atomic mass is 10.0. The predicted molar refractivity (Wildman–Crippen MR) is 79.7 cm³/mol. The Labute approximate surface area is 126 Å². The van der Waals surface area contributed by atoms with Gasteiger partial charge in [-0.1, -0.05) is 0 Å². The maximum atomic E-state index is 14.2. The Balaban J connectivity index is 1.89. The summed E-state index contributed by atoms with van der Waals surface area (Å²) in [4.78, 5) is 12.2. The molecule has 5 nitrogen and oxygen atoms in total. The van der Waals surface area contributed by atoms with Gasteiger partial charge in [0.25, 0.3) is 5.91 Å². The fraction of sp³-hybridized carbons (Fsp3) is 0.250. The summed E-state index contributed by atoms with van der Waals surface area (Å²) in [6.45, 7) is 0.